The van der Waals surface area contributed by atoms with E-state index in [0.29, 0.717) is 5.56 Å². The summed E-state index contributed by atoms with van der Waals surface area (Å²) in [4.78, 5) is 89.1. The summed E-state index contributed by atoms with van der Waals surface area (Å²) in [5.41, 5.74) is 6.00. The summed E-state index contributed by atoms with van der Waals surface area (Å²) in [5, 5.41) is 65.5. The Morgan fingerprint density at radius 1 is 0.872 bits per heavy atom. The number of phenolic OH excluding ortho intramolecular Hbond substituents is 1. The minimum atomic E-state index is -1.74. The molecule has 19 heteroatoms. The molecule has 2 rings (SSSR count). The average molecular weight is 669 g/mol. The molecular weight excluding hydrogens is 628 g/mol. The van der Waals surface area contributed by atoms with Gasteiger partial charge >= 0.3 is 11.9 Å². The quantitative estimate of drug-likeness (QED) is 0.0742. The topological polar surface area (TPSA) is 318 Å². The monoisotopic (exact) mass is 668 g/mol. The van der Waals surface area contributed by atoms with Crippen LogP contribution in [0.25, 0.3) is 0 Å². The number of carbonyl (C=O) groups is 7. The molecule has 19 nitrogen and oxygen atoms in total. The minimum Gasteiger partial charge on any atom is -0.508 e. The summed E-state index contributed by atoms with van der Waals surface area (Å²) >= 11 is 0. The number of amides is 5. The Hall–Kier alpha value is -4.85. The highest BCUT2D eigenvalue weighted by atomic mass is 16.4. The van der Waals surface area contributed by atoms with Crippen molar-refractivity contribution in [2.24, 2.45) is 5.73 Å². The second-order valence-electron chi connectivity index (χ2n) is 10.9. The summed E-state index contributed by atoms with van der Waals surface area (Å²) in [6, 6.07) is -3.73. The number of nitrogens with zero attached hydrogens (tertiary/aromatic N) is 1. The molecule has 1 aliphatic heterocycles. The van der Waals surface area contributed by atoms with Crippen LogP contribution >= 0.6 is 0 Å². The number of carboxylic acids is 2. The first-order chi connectivity index (χ1) is 22.1. The van der Waals surface area contributed by atoms with Crippen molar-refractivity contribution >= 4 is 41.5 Å². The van der Waals surface area contributed by atoms with Crippen molar-refractivity contribution in [1.82, 2.24) is 26.2 Å². The van der Waals surface area contributed by atoms with Gasteiger partial charge in [0.05, 0.1) is 25.7 Å². The Bertz CT molecular complexity index is 1310. The van der Waals surface area contributed by atoms with Gasteiger partial charge in [0, 0.05) is 13.0 Å². The molecule has 47 heavy (non-hydrogen) atoms. The summed E-state index contributed by atoms with van der Waals surface area (Å²) in [6.45, 7) is -0.650. The summed E-state index contributed by atoms with van der Waals surface area (Å²) in [6.07, 6.45) is -2.36. The van der Waals surface area contributed by atoms with E-state index < -0.39 is 103 Å². The normalized spacial score (nSPS) is 18.1. The molecule has 1 aromatic rings. The van der Waals surface area contributed by atoms with Gasteiger partial charge in [0.15, 0.2) is 0 Å². The molecule has 1 saturated heterocycles. The van der Waals surface area contributed by atoms with Gasteiger partial charge in [-0.2, -0.15) is 0 Å². The molecule has 0 aromatic heterocycles. The smallest absolute Gasteiger partial charge is 0.328 e. The van der Waals surface area contributed by atoms with E-state index in [1.807, 2.05) is 5.32 Å². The third-order valence-corrected chi connectivity index (χ3v) is 7.23. The number of hydrogen-bond donors (Lipinski definition) is 11. The van der Waals surface area contributed by atoms with Crippen molar-refractivity contribution in [2.45, 2.75) is 75.0 Å². The number of aliphatic hydroxyl groups is 3. The number of carbonyl (C=O) groups excluding carboxylic acids is 5. The van der Waals surface area contributed by atoms with Crippen LogP contribution in [0.5, 0.6) is 5.75 Å². The lowest BCUT2D eigenvalue weighted by atomic mass is 10.0. The third kappa shape index (κ3) is 11.2. The van der Waals surface area contributed by atoms with E-state index in [1.54, 1.807) is 0 Å². The fourth-order valence-corrected chi connectivity index (χ4v) is 4.69. The molecule has 1 fully saturated rings. The second kappa shape index (κ2) is 17.7. The summed E-state index contributed by atoms with van der Waals surface area (Å²) in [7, 11) is 0. The van der Waals surface area contributed by atoms with Crippen molar-refractivity contribution in [2.75, 3.05) is 19.8 Å². The van der Waals surface area contributed by atoms with E-state index in [2.05, 4.69) is 16.0 Å². The molecule has 0 saturated carbocycles. The molecule has 1 aromatic carbocycles. The van der Waals surface area contributed by atoms with Gasteiger partial charge < -0.3 is 62.5 Å². The number of nitrogens with one attached hydrogen (secondary N) is 4. The van der Waals surface area contributed by atoms with Crippen molar-refractivity contribution in [1.29, 1.82) is 0 Å². The summed E-state index contributed by atoms with van der Waals surface area (Å²) in [5.74, 6) is -8.12. The van der Waals surface area contributed by atoms with Crippen LogP contribution in [0.4, 0.5) is 0 Å². The first-order valence-corrected chi connectivity index (χ1v) is 14.5. The number of phenols is 1. The standard InChI is InChI=1S/C28H40N6O13/c1-13(37)22(26(44)32-19(12-36)28(46)47)33-25(43)20-3-2-8-34(20)27(45)18(10-21(39)40)31-24(42)17(30-23(41)16(29)11-35)9-14-4-6-15(38)7-5-14/h4-7,13,16-20,22,35-38H,2-3,8-12,29H2,1H3,(H,30,41)(H,31,42)(H,32,44)(H,33,43)(H,39,40)(H,46,47)/t13-,16+,17+,18+,19+,20+,22+/m1/s1. The van der Waals surface area contributed by atoms with Crippen LogP contribution in [0.2, 0.25) is 0 Å². The van der Waals surface area contributed by atoms with Crippen LogP contribution in [-0.4, -0.2) is 139 Å². The Labute approximate surface area is 268 Å². The highest BCUT2D eigenvalue weighted by Crippen LogP contribution is 2.20. The number of nitrogens with two attached hydrogens (primary N) is 1. The number of aromatic hydroxyl groups is 1. The van der Waals surface area contributed by atoms with Crippen molar-refractivity contribution in [3.63, 3.8) is 0 Å². The number of aliphatic carboxylic acids is 2. The van der Waals surface area contributed by atoms with E-state index in [9.17, 15) is 59.1 Å². The first kappa shape index (κ1) is 38.3. The molecule has 0 unspecified atom stereocenters. The maximum atomic E-state index is 13.6. The van der Waals surface area contributed by atoms with Gasteiger partial charge in [0.2, 0.25) is 29.5 Å². The molecule has 12 N–H and O–H groups in total. The Morgan fingerprint density at radius 3 is 2.00 bits per heavy atom. The number of carboxylic acid groups (broad SMARTS) is 2. The van der Waals surface area contributed by atoms with Crippen LogP contribution in [0.3, 0.4) is 0 Å². The van der Waals surface area contributed by atoms with E-state index in [-0.39, 0.29) is 31.6 Å². The van der Waals surface area contributed by atoms with Gasteiger partial charge in [-0.05, 0) is 37.5 Å². The Kier molecular flexibility index (Phi) is 14.5. The maximum absolute atomic E-state index is 13.6. The van der Waals surface area contributed by atoms with Crippen LogP contribution in [0.1, 0.15) is 31.7 Å². The van der Waals surface area contributed by atoms with E-state index in [4.69, 9.17) is 10.8 Å². The SMILES string of the molecule is C[C@@H](O)[C@H](NC(=O)[C@@H]1CCCN1C(=O)[C@H](CC(=O)O)NC(=O)[C@H](Cc1ccc(O)cc1)NC(=O)[C@@H](N)CO)C(=O)N[C@@H](CO)C(=O)O. The highest BCUT2D eigenvalue weighted by molar-refractivity contribution is 5.98. The number of benzene rings is 1. The zero-order valence-electron chi connectivity index (χ0n) is 25.4. The predicted molar refractivity (Wildman–Crippen MR) is 158 cm³/mol. The maximum Gasteiger partial charge on any atom is 0.328 e. The first-order valence-electron chi connectivity index (χ1n) is 14.5. The van der Waals surface area contributed by atoms with Gasteiger partial charge in [-0.3, -0.25) is 28.8 Å². The molecule has 0 radical (unpaired) electrons. The lowest BCUT2D eigenvalue weighted by Gasteiger charge is -2.31. The number of rotatable bonds is 17. The second-order valence-corrected chi connectivity index (χ2v) is 10.9. The van der Waals surface area contributed by atoms with E-state index >= 15 is 0 Å². The largest absolute Gasteiger partial charge is 0.508 e. The lowest BCUT2D eigenvalue weighted by Crippen LogP contribution is -2.61. The lowest BCUT2D eigenvalue weighted by molar-refractivity contribution is -0.147. The Balaban J connectivity index is 2.27. The zero-order chi connectivity index (χ0) is 35.4. The average Bonchev–Trinajstić information content (AvgIpc) is 3.51. The number of aliphatic hydroxyl groups excluding tert-OH is 3. The van der Waals surface area contributed by atoms with Crippen molar-refractivity contribution in [3.05, 3.63) is 29.8 Å². The minimum absolute atomic E-state index is 0.0480. The van der Waals surface area contributed by atoms with E-state index in [1.165, 1.54) is 24.3 Å². The highest BCUT2D eigenvalue weighted by Gasteiger charge is 2.41. The molecule has 5 amide bonds. The molecule has 1 aliphatic rings. The number of hydrogen-bond acceptors (Lipinski definition) is 12. The summed E-state index contributed by atoms with van der Waals surface area (Å²) < 4.78 is 0. The zero-order valence-corrected chi connectivity index (χ0v) is 25.4. The molecule has 7 atom stereocenters. The van der Waals surface area contributed by atoms with Crippen molar-refractivity contribution < 1.29 is 64.2 Å². The van der Waals surface area contributed by atoms with Gasteiger partial charge in [-0.1, -0.05) is 12.1 Å². The van der Waals surface area contributed by atoms with Gasteiger partial charge in [-0.25, -0.2) is 4.79 Å². The van der Waals surface area contributed by atoms with Crippen LogP contribution < -0.4 is 27.0 Å². The predicted octanol–water partition coefficient (Wildman–Crippen LogP) is -4.88. The van der Waals surface area contributed by atoms with Gasteiger partial charge in [-0.15, -0.1) is 0 Å². The van der Waals surface area contributed by atoms with Gasteiger partial charge in [0.1, 0.15) is 42.0 Å². The van der Waals surface area contributed by atoms with Gasteiger partial charge in [0.25, 0.3) is 0 Å². The molecule has 0 spiro atoms. The fraction of sp³-hybridized carbons (Fsp3) is 0.536. The van der Waals surface area contributed by atoms with Crippen LogP contribution in [0.15, 0.2) is 24.3 Å². The van der Waals surface area contributed by atoms with E-state index in [0.717, 1.165) is 11.8 Å². The molecular formula is C28H40N6O13. The van der Waals surface area contributed by atoms with Crippen LogP contribution in [-0.2, 0) is 40.0 Å². The molecule has 0 bridgehead atoms. The van der Waals surface area contributed by atoms with Crippen LogP contribution in [0, 0.1) is 0 Å². The van der Waals surface area contributed by atoms with Crippen molar-refractivity contribution in [3.8, 4) is 5.75 Å². The fourth-order valence-electron chi connectivity index (χ4n) is 4.69. The Morgan fingerprint density at radius 2 is 1.47 bits per heavy atom. The molecule has 0 aliphatic carbocycles. The molecule has 1 heterocycles. The third-order valence-electron chi connectivity index (χ3n) is 7.23. The molecule has 260 valence electrons. The number of likely N-dealkylation sites (tertiary alicyclic amines) is 1.